The van der Waals surface area contributed by atoms with Crippen molar-refractivity contribution in [2.75, 3.05) is 0 Å². The lowest BCUT2D eigenvalue weighted by atomic mass is 10.1. The van der Waals surface area contributed by atoms with Crippen LogP contribution in [0.2, 0.25) is 5.15 Å². The molecule has 0 spiro atoms. The number of nitrogens with zero attached hydrogens (tertiary/aromatic N) is 2. The Bertz CT molecular complexity index is 1180. The minimum Gasteiger partial charge on any atom is -0.333 e. The molecule has 30 heavy (non-hydrogen) atoms. The highest BCUT2D eigenvalue weighted by molar-refractivity contribution is 7.98. The van der Waals surface area contributed by atoms with Gasteiger partial charge in [-0.2, -0.15) is 0 Å². The number of thioether (sulfide) groups is 1. The number of aromatic amines is 1. The smallest absolute Gasteiger partial charge is 0.269 e. The maximum absolute atomic E-state index is 12.3. The van der Waals surface area contributed by atoms with Gasteiger partial charge in [0.1, 0.15) is 5.15 Å². The van der Waals surface area contributed by atoms with Gasteiger partial charge in [0.05, 0.1) is 11.0 Å². The minimum absolute atomic E-state index is 0.199. The molecule has 0 aliphatic rings. The standard InChI is InChI=1S/C21H16ClN5O2S/c22-18-11-15(9-10-23-18)20(29)27-26-19(28)14-7-5-13(6-8-14)12-30-21-24-16-3-1-2-4-17(16)25-21/h1-11H,12H2,(H,24,25)(H,26,28)(H,27,29). The number of carbonyl (C=O) groups is 2. The van der Waals surface area contributed by atoms with Crippen LogP contribution < -0.4 is 10.9 Å². The third-order valence-electron chi connectivity index (χ3n) is 4.24. The van der Waals surface area contributed by atoms with E-state index in [4.69, 9.17) is 11.6 Å². The summed E-state index contributed by atoms with van der Waals surface area (Å²) in [5.41, 5.74) is 8.46. The molecule has 0 aliphatic carbocycles. The van der Waals surface area contributed by atoms with Crippen molar-refractivity contribution in [3.63, 3.8) is 0 Å². The SMILES string of the molecule is O=C(NNC(=O)c1ccnc(Cl)c1)c1ccc(CSc2nc3ccccc3[nH]2)cc1. The molecule has 2 amide bonds. The van der Waals surface area contributed by atoms with Crippen LogP contribution in [0, 0.1) is 0 Å². The van der Waals surface area contributed by atoms with Crippen LogP contribution in [0.15, 0.2) is 72.0 Å². The Morgan fingerprint density at radius 3 is 2.43 bits per heavy atom. The number of H-pyrrole nitrogens is 1. The van der Waals surface area contributed by atoms with Gasteiger partial charge in [0.2, 0.25) is 0 Å². The van der Waals surface area contributed by atoms with Gasteiger partial charge in [0.25, 0.3) is 11.8 Å². The molecule has 7 nitrogen and oxygen atoms in total. The van der Waals surface area contributed by atoms with Gasteiger partial charge in [0.15, 0.2) is 5.16 Å². The summed E-state index contributed by atoms with van der Waals surface area (Å²) < 4.78 is 0. The van der Waals surface area contributed by atoms with E-state index in [1.165, 1.54) is 18.3 Å². The number of nitrogens with one attached hydrogen (secondary N) is 3. The molecule has 0 saturated carbocycles. The summed E-state index contributed by atoms with van der Waals surface area (Å²) in [6, 6.07) is 17.9. The summed E-state index contributed by atoms with van der Waals surface area (Å²) in [6.07, 6.45) is 1.42. The number of benzene rings is 2. The molecule has 2 aromatic heterocycles. The Labute approximate surface area is 181 Å². The molecular formula is C21H16ClN5O2S. The van der Waals surface area contributed by atoms with E-state index in [0.717, 1.165) is 21.8 Å². The highest BCUT2D eigenvalue weighted by atomic mass is 35.5. The number of hydrazine groups is 1. The number of aromatic nitrogens is 3. The number of hydrogen-bond acceptors (Lipinski definition) is 5. The molecule has 9 heteroatoms. The van der Waals surface area contributed by atoms with E-state index in [-0.39, 0.29) is 5.15 Å². The summed E-state index contributed by atoms with van der Waals surface area (Å²) in [4.78, 5) is 35.9. The number of amides is 2. The Kier molecular flexibility index (Phi) is 5.97. The Morgan fingerprint density at radius 1 is 0.967 bits per heavy atom. The average Bonchev–Trinajstić information content (AvgIpc) is 3.19. The fourth-order valence-electron chi connectivity index (χ4n) is 2.70. The molecule has 0 aliphatic heterocycles. The average molecular weight is 438 g/mol. The van der Waals surface area contributed by atoms with Crippen molar-refractivity contribution in [2.24, 2.45) is 0 Å². The van der Waals surface area contributed by atoms with Gasteiger partial charge in [-0.15, -0.1) is 0 Å². The quantitative estimate of drug-likeness (QED) is 0.249. The number of carbonyl (C=O) groups excluding carboxylic acids is 2. The van der Waals surface area contributed by atoms with Crippen molar-refractivity contribution >= 4 is 46.2 Å². The fraction of sp³-hybridized carbons (Fsp3) is 0.0476. The number of hydrogen-bond donors (Lipinski definition) is 3. The Morgan fingerprint density at radius 2 is 1.70 bits per heavy atom. The van der Waals surface area contributed by atoms with Gasteiger partial charge in [-0.3, -0.25) is 20.4 Å². The number of fused-ring (bicyclic) bond motifs is 1. The zero-order valence-corrected chi connectivity index (χ0v) is 17.1. The second-order valence-corrected chi connectivity index (χ2v) is 7.67. The highest BCUT2D eigenvalue weighted by Crippen LogP contribution is 2.23. The summed E-state index contributed by atoms with van der Waals surface area (Å²) in [5.74, 6) is -0.187. The van der Waals surface area contributed by atoms with Gasteiger partial charge in [-0.1, -0.05) is 47.6 Å². The lowest BCUT2D eigenvalue weighted by molar-refractivity contribution is 0.0846. The molecule has 0 atom stereocenters. The Balaban J connectivity index is 1.31. The number of imidazole rings is 1. The second-order valence-electron chi connectivity index (χ2n) is 6.32. The predicted octanol–water partition coefficient (Wildman–Crippen LogP) is 3.98. The summed E-state index contributed by atoms with van der Waals surface area (Å²) in [7, 11) is 0. The van der Waals surface area contributed by atoms with Gasteiger partial charge in [0, 0.05) is 23.1 Å². The third-order valence-corrected chi connectivity index (χ3v) is 5.39. The van der Waals surface area contributed by atoms with Crippen molar-refractivity contribution in [3.8, 4) is 0 Å². The zero-order valence-electron chi connectivity index (χ0n) is 15.6. The van der Waals surface area contributed by atoms with Crippen LogP contribution in [0.25, 0.3) is 11.0 Å². The first kappa shape index (κ1) is 19.9. The summed E-state index contributed by atoms with van der Waals surface area (Å²) >= 11 is 7.35. The fourth-order valence-corrected chi connectivity index (χ4v) is 3.72. The summed E-state index contributed by atoms with van der Waals surface area (Å²) in [5, 5.41) is 1.04. The molecule has 3 N–H and O–H groups in total. The molecule has 0 unspecified atom stereocenters. The van der Waals surface area contributed by atoms with Crippen molar-refractivity contribution in [2.45, 2.75) is 10.9 Å². The zero-order chi connectivity index (χ0) is 20.9. The maximum Gasteiger partial charge on any atom is 0.269 e. The first-order chi connectivity index (χ1) is 14.6. The maximum atomic E-state index is 12.3. The molecule has 0 radical (unpaired) electrons. The van der Waals surface area contributed by atoms with Gasteiger partial charge < -0.3 is 4.98 Å². The second kappa shape index (κ2) is 8.98. The molecule has 150 valence electrons. The molecule has 4 aromatic rings. The van der Waals surface area contributed by atoms with Crippen molar-refractivity contribution < 1.29 is 9.59 Å². The molecule has 2 heterocycles. The topological polar surface area (TPSA) is 99.8 Å². The lowest BCUT2D eigenvalue weighted by Crippen LogP contribution is -2.41. The molecule has 4 rings (SSSR count). The normalized spacial score (nSPS) is 10.7. The number of rotatable bonds is 5. The van der Waals surface area contributed by atoms with Crippen LogP contribution in [-0.2, 0) is 5.75 Å². The Hall–Kier alpha value is -3.36. The highest BCUT2D eigenvalue weighted by Gasteiger charge is 2.10. The summed E-state index contributed by atoms with van der Waals surface area (Å²) in [6.45, 7) is 0. The number of halogens is 1. The van der Waals surface area contributed by atoms with E-state index in [1.807, 2.05) is 36.4 Å². The lowest BCUT2D eigenvalue weighted by Gasteiger charge is -2.08. The largest absolute Gasteiger partial charge is 0.333 e. The van der Waals surface area contributed by atoms with Crippen molar-refractivity contribution in [1.82, 2.24) is 25.8 Å². The first-order valence-corrected chi connectivity index (χ1v) is 10.3. The number of pyridine rings is 1. The van der Waals surface area contributed by atoms with Gasteiger partial charge in [-0.25, -0.2) is 9.97 Å². The van der Waals surface area contributed by atoms with Crippen LogP contribution >= 0.6 is 23.4 Å². The molecule has 0 bridgehead atoms. The van der Waals surface area contributed by atoms with Crippen LogP contribution in [0.5, 0.6) is 0 Å². The van der Waals surface area contributed by atoms with E-state index in [0.29, 0.717) is 16.9 Å². The van der Waals surface area contributed by atoms with Crippen LogP contribution in [0.3, 0.4) is 0 Å². The van der Waals surface area contributed by atoms with E-state index in [2.05, 4.69) is 25.8 Å². The van der Waals surface area contributed by atoms with Gasteiger partial charge in [-0.05, 0) is 42.0 Å². The minimum atomic E-state index is -0.480. The van der Waals surface area contributed by atoms with Crippen LogP contribution in [0.1, 0.15) is 26.3 Å². The molecule has 0 fully saturated rings. The van der Waals surface area contributed by atoms with E-state index in [1.54, 1.807) is 23.9 Å². The molecular weight excluding hydrogens is 422 g/mol. The van der Waals surface area contributed by atoms with E-state index < -0.39 is 11.8 Å². The van der Waals surface area contributed by atoms with Crippen LogP contribution in [0.4, 0.5) is 0 Å². The number of para-hydroxylation sites is 2. The first-order valence-electron chi connectivity index (χ1n) is 8.97. The molecule has 2 aromatic carbocycles. The van der Waals surface area contributed by atoms with Crippen LogP contribution in [-0.4, -0.2) is 26.8 Å². The van der Waals surface area contributed by atoms with Crippen molar-refractivity contribution in [1.29, 1.82) is 0 Å². The monoisotopic (exact) mass is 437 g/mol. The third kappa shape index (κ3) is 4.79. The predicted molar refractivity (Wildman–Crippen MR) is 116 cm³/mol. The van der Waals surface area contributed by atoms with Crippen molar-refractivity contribution in [3.05, 3.63) is 88.7 Å². The molecule has 0 saturated heterocycles. The van der Waals surface area contributed by atoms with E-state index in [9.17, 15) is 9.59 Å². The van der Waals surface area contributed by atoms with E-state index >= 15 is 0 Å². The van der Waals surface area contributed by atoms with Gasteiger partial charge >= 0.3 is 0 Å².